The molecule has 0 atom stereocenters. The highest BCUT2D eigenvalue weighted by Gasteiger charge is 2.28. The van der Waals surface area contributed by atoms with Crippen LogP contribution in [0.15, 0.2) is 28.8 Å². The molecular formula is C12H10Cl2INO. The average molecular weight is 382 g/mol. The van der Waals surface area contributed by atoms with Gasteiger partial charge in [-0.25, -0.2) is 0 Å². The number of hydrogen-bond acceptors (Lipinski definition) is 2. The van der Waals surface area contributed by atoms with Crippen LogP contribution in [0, 0.1) is 0 Å². The van der Waals surface area contributed by atoms with Gasteiger partial charge in [-0.2, -0.15) is 0 Å². The van der Waals surface area contributed by atoms with Gasteiger partial charge in [0.1, 0.15) is 11.5 Å². The summed E-state index contributed by atoms with van der Waals surface area (Å²) in [5.41, 5.74) is 1.47. The molecule has 1 heterocycles. The number of rotatable bonds is 2. The van der Waals surface area contributed by atoms with Crippen molar-refractivity contribution in [1.29, 1.82) is 0 Å². The maximum absolute atomic E-state index is 6.10. The summed E-state index contributed by atoms with van der Waals surface area (Å²) in [7, 11) is 0. The van der Waals surface area contributed by atoms with Crippen molar-refractivity contribution in [2.75, 3.05) is 0 Å². The second kappa shape index (κ2) is 5.16. The van der Waals surface area contributed by atoms with Gasteiger partial charge in [-0.1, -0.05) is 34.4 Å². The molecule has 1 aromatic heterocycles. The number of benzene rings is 1. The van der Waals surface area contributed by atoms with Crippen molar-refractivity contribution in [2.45, 2.75) is 18.8 Å². The first kappa shape index (κ1) is 13.2. The minimum atomic E-state index is 0. The minimum absolute atomic E-state index is 0. The van der Waals surface area contributed by atoms with Crippen LogP contribution in [0.4, 0.5) is 0 Å². The Labute approximate surface area is 126 Å². The summed E-state index contributed by atoms with van der Waals surface area (Å²) in [4.78, 5) is 0. The zero-order valence-corrected chi connectivity index (χ0v) is 12.7. The van der Waals surface area contributed by atoms with Gasteiger partial charge in [0.2, 0.25) is 0 Å². The third-order valence-electron chi connectivity index (χ3n) is 2.73. The van der Waals surface area contributed by atoms with Gasteiger partial charge in [0.15, 0.2) is 0 Å². The van der Waals surface area contributed by atoms with E-state index in [2.05, 4.69) is 5.16 Å². The van der Waals surface area contributed by atoms with Gasteiger partial charge in [0.25, 0.3) is 0 Å². The lowest BCUT2D eigenvalue weighted by atomic mass is 10.1. The van der Waals surface area contributed by atoms with Gasteiger partial charge in [0.05, 0.1) is 10.0 Å². The van der Waals surface area contributed by atoms with Crippen molar-refractivity contribution in [1.82, 2.24) is 5.16 Å². The standard InChI is InChI=1S/C12H9Cl2NO.HI/c13-8-2-1-3-9(14)12(8)10-6-11(16-15-10)7-4-5-7;/h1-3,6-7H,4-5H2;1H. The lowest BCUT2D eigenvalue weighted by Crippen LogP contribution is -1.80. The first-order valence-corrected chi connectivity index (χ1v) is 5.92. The molecule has 1 saturated carbocycles. The fourth-order valence-corrected chi connectivity index (χ4v) is 2.30. The van der Waals surface area contributed by atoms with Crippen molar-refractivity contribution >= 4 is 47.2 Å². The van der Waals surface area contributed by atoms with Gasteiger partial charge >= 0.3 is 0 Å². The third kappa shape index (κ3) is 2.61. The molecule has 0 spiro atoms. The molecule has 0 radical (unpaired) electrons. The third-order valence-corrected chi connectivity index (χ3v) is 3.36. The van der Waals surface area contributed by atoms with Crippen LogP contribution in [0.25, 0.3) is 11.3 Å². The molecule has 1 fully saturated rings. The smallest absolute Gasteiger partial charge is 0.140 e. The highest BCUT2D eigenvalue weighted by atomic mass is 127. The topological polar surface area (TPSA) is 26.0 Å². The molecule has 3 rings (SSSR count). The largest absolute Gasteiger partial charge is 0.360 e. The van der Waals surface area contributed by atoms with Crippen LogP contribution in [-0.2, 0) is 0 Å². The zero-order chi connectivity index (χ0) is 11.1. The Morgan fingerprint density at radius 1 is 1.18 bits per heavy atom. The highest BCUT2D eigenvalue weighted by molar-refractivity contribution is 14.0. The summed E-state index contributed by atoms with van der Waals surface area (Å²) in [6.07, 6.45) is 2.37. The second-order valence-corrected chi connectivity index (χ2v) is 4.80. The monoisotopic (exact) mass is 381 g/mol. The molecule has 0 unspecified atom stereocenters. The van der Waals surface area contributed by atoms with E-state index in [0.29, 0.717) is 16.0 Å². The Kier molecular flexibility index (Phi) is 4.00. The Bertz CT molecular complexity index is 517. The molecule has 0 bridgehead atoms. The van der Waals surface area contributed by atoms with E-state index in [0.717, 1.165) is 17.0 Å². The average Bonchev–Trinajstić information content (AvgIpc) is 2.99. The molecule has 1 aliphatic rings. The molecule has 0 saturated heterocycles. The van der Waals surface area contributed by atoms with Crippen LogP contribution >= 0.6 is 47.2 Å². The predicted octanol–water partition coefficient (Wildman–Crippen LogP) is 5.14. The lowest BCUT2D eigenvalue weighted by molar-refractivity contribution is 0.386. The lowest BCUT2D eigenvalue weighted by Gasteiger charge is -2.01. The van der Waals surface area contributed by atoms with E-state index < -0.39 is 0 Å². The molecule has 17 heavy (non-hydrogen) atoms. The van der Waals surface area contributed by atoms with Crippen LogP contribution < -0.4 is 0 Å². The molecule has 1 aromatic carbocycles. The summed E-state index contributed by atoms with van der Waals surface area (Å²) in [5.74, 6) is 1.48. The summed E-state index contributed by atoms with van der Waals surface area (Å²) in [5, 5.41) is 5.23. The maximum atomic E-state index is 6.10. The highest BCUT2D eigenvalue weighted by Crippen LogP contribution is 2.42. The van der Waals surface area contributed by atoms with Crippen LogP contribution in [-0.4, -0.2) is 5.16 Å². The first-order valence-electron chi connectivity index (χ1n) is 5.16. The van der Waals surface area contributed by atoms with Crippen LogP contribution in [0.3, 0.4) is 0 Å². The summed E-state index contributed by atoms with van der Waals surface area (Å²) in [6.45, 7) is 0. The van der Waals surface area contributed by atoms with Gasteiger partial charge in [-0.15, -0.1) is 24.0 Å². The molecule has 2 nitrogen and oxygen atoms in total. The Hall–Kier alpha value is -0.260. The van der Waals surface area contributed by atoms with E-state index in [1.54, 1.807) is 12.1 Å². The van der Waals surface area contributed by atoms with E-state index >= 15 is 0 Å². The van der Waals surface area contributed by atoms with Crippen molar-refractivity contribution in [3.05, 3.63) is 40.1 Å². The van der Waals surface area contributed by atoms with E-state index in [1.165, 1.54) is 12.8 Å². The Balaban J connectivity index is 0.00000108. The first-order chi connectivity index (χ1) is 7.75. The summed E-state index contributed by atoms with van der Waals surface area (Å²) in [6, 6.07) is 7.35. The summed E-state index contributed by atoms with van der Waals surface area (Å²) >= 11 is 12.2. The van der Waals surface area contributed by atoms with E-state index in [1.807, 2.05) is 12.1 Å². The molecule has 0 N–H and O–H groups in total. The van der Waals surface area contributed by atoms with E-state index in [9.17, 15) is 0 Å². The van der Waals surface area contributed by atoms with E-state index in [4.69, 9.17) is 27.7 Å². The number of aromatic nitrogens is 1. The van der Waals surface area contributed by atoms with Crippen molar-refractivity contribution in [3.63, 3.8) is 0 Å². The van der Waals surface area contributed by atoms with Gasteiger partial charge in [0, 0.05) is 17.5 Å². The normalized spacial score (nSPS) is 14.5. The molecule has 0 amide bonds. The van der Waals surface area contributed by atoms with Gasteiger partial charge in [-0.05, 0) is 25.0 Å². The fourth-order valence-electron chi connectivity index (χ4n) is 1.71. The fraction of sp³-hybridized carbons (Fsp3) is 0.250. The van der Waals surface area contributed by atoms with Gasteiger partial charge < -0.3 is 4.52 Å². The Morgan fingerprint density at radius 2 is 1.82 bits per heavy atom. The molecule has 5 heteroatoms. The van der Waals surface area contributed by atoms with Crippen molar-refractivity contribution in [3.8, 4) is 11.3 Å². The molecule has 90 valence electrons. The molecule has 1 aliphatic carbocycles. The second-order valence-electron chi connectivity index (χ2n) is 3.99. The quantitative estimate of drug-likeness (QED) is 0.673. The SMILES string of the molecule is Clc1cccc(Cl)c1-c1cc(C2CC2)on1.I. The summed E-state index contributed by atoms with van der Waals surface area (Å²) < 4.78 is 5.29. The van der Waals surface area contributed by atoms with Crippen LogP contribution in [0.1, 0.15) is 24.5 Å². The molecule has 0 aliphatic heterocycles. The van der Waals surface area contributed by atoms with Crippen LogP contribution in [0.2, 0.25) is 10.0 Å². The molecular weight excluding hydrogens is 372 g/mol. The van der Waals surface area contributed by atoms with Crippen molar-refractivity contribution in [2.24, 2.45) is 0 Å². The number of hydrogen-bond donors (Lipinski definition) is 0. The Morgan fingerprint density at radius 3 is 2.41 bits per heavy atom. The number of halogens is 3. The zero-order valence-electron chi connectivity index (χ0n) is 8.82. The van der Waals surface area contributed by atoms with Crippen LogP contribution in [0.5, 0.6) is 0 Å². The number of nitrogens with zero attached hydrogens (tertiary/aromatic N) is 1. The predicted molar refractivity (Wildman–Crippen MR) is 79.3 cm³/mol. The minimum Gasteiger partial charge on any atom is -0.360 e. The van der Waals surface area contributed by atoms with E-state index in [-0.39, 0.29) is 24.0 Å². The maximum Gasteiger partial charge on any atom is 0.140 e. The van der Waals surface area contributed by atoms with Gasteiger partial charge in [-0.3, -0.25) is 0 Å². The van der Waals surface area contributed by atoms with Crippen molar-refractivity contribution < 1.29 is 4.52 Å². The molecule has 2 aromatic rings.